The Morgan fingerprint density at radius 3 is 3.27 bits per heavy atom. The molecule has 4 heteroatoms. The molecule has 15 heavy (non-hydrogen) atoms. The molecule has 2 heterocycles. The highest BCUT2D eigenvalue weighted by Crippen LogP contribution is 2.35. The van der Waals surface area contributed by atoms with Crippen molar-refractivity contribution in [3.8, 4) is 17.0 Å². The SMILES string of the molecule is Brc1ccc2c(c1)OCCc1[nH]cnc1-2. The fourth-order valence-corrected chi connectivity index (χ4v) is 2.16. The van der Waals surface area contributed by atoms with Gasteiger partial charge in [0.25, 0.3) is 0 Å². The summed E-state index contributed by atoms with van der Waals surface area (Å²) in [4.78, 5) is 7.49. The first-order chi connectivity index (χ1) is 7.34. The van der Waals surface area contributed by atoms with Gasteiger partial charge in [-0.1, -0.05) is 15.9 Å². The predicted octanol–water partition coefficient (Wildman–Crippen LogP) is 2.77. The molecule has 3 nitrogen and oxygen atoms in total. The van der Waals surface area contributed by atoms with Crippen molar-refractivity contribution in [2.24, 2.45) is 0 Å². The van der Waals surface area contributed by atoms with Crippen LogP contribution >= 0.6 is 15.9 Å². The summed E-state index contributed by atoms with van der Waals surface area (Å²) in [5.74, 6) is 0.898. The second-order valence-corrected chi connectivity index (χ2v) is 4.38. The van der Waals surface area contributed by atoms with Crippen molar-refractivity contribution in [3.63, 3.8) is 0 Å². The monoisotopic (exact) mass is 264 g/mol. The Morgan fingerprint density at radius 1 is 1.40 bits per heavy atom. The van der Waals surface area contributed by atoms with Gasteiger partial charge in [-0.25, -0.2) is 4.98 Å². The normalized spacial score (nSPS) is 13.7. The van der Waals surface area contributed by atoms with Gasteiger partial charge in [0.1, 0.15) is 5.75 Å². The summed E-state index contributed by atoms with van der Waals surface area (Å²) in [6.45, 7) is 0.693. The summed E-state index contributed by atoms with van der Waals surface area (Å²) in [5.41, 5.74) is 3.22. The summed E-state index contributed by atoms with van der Waals surface area (Å²) in [6.07, 6.45) is 2.61. The third-order valence-corrected chi connectivity index (χ3v) is 3.02. The maximum atomic E-state index is 5.68. The van der Waals surface area contributed by atoms with E-state index in [0.717, 1.165) is 33.6 Å². The molecule has 0 aliphatic carbocycles. The van der Waals surface area contributed by atoms with Gasteiger partial charge in [-0.15, -0.1) is 0 Å². The Morgan fingerprint density at radius 2 is 2.33 bits per heavy atom. The van der Waals surface area contributed by atoms with Gasteiger partial charge < -0.3 is 9.72 Å². The number of benzene rings is 1. The van der Waals surface area contributed by atoms with Gasteiger partial charge in [-0.2, -0.15) is 0 Å². The van der Waals surface area contributed by atoms with E-state index in [-0.39, 0.29) is 0 Å². The summed E-state index contributed by atoms with van der Waals surface area (Å²) in [7, 11) is 0. The average molecular weight is 265 g/mol. The van der Waals surface area contributed by atoms with Gasteiger partial charge in [-0.05, 0) is 18.2 Å². The fraction of sp³-hybridized carbons (Fsp3) is 0.182. The highest BCUT2D eigenvalue weighted by molar-refractivity contribution is 9.10. The second-order valence-electron chi connectivity index (χ2n) is 3.47. The molecule has 0 spiro atoms. The van der Waals surface area contributed by atoms with Crippen LogP contribution in [0.2, 0.25) is 0 Å². The second kappa shape index (κ2) is 3.38. The van der Waals surface area contributed by atoms with E-state index in [9.17, 15) is 0 Å². The van der Waals surface area contributed by atoms with Crippen LogP contribution in [0.1, 0.15) is 5.69 Å². The maximum absolute atomic E-state index is 5.68. The third kappa shape index (κ3) is 1.45. The highest BCUT2D eigenvalue weighted by Gasteiger charge is 2.17. The molecule has 1 aliphatic rings. The van der Waals surface area contributed by atoms with Crippen molar-refractivity contribution in [1.29, 1.82) is 0 Å². The lowest BCUT2D eigenvalue weighted by Gasteiger charge is -2.06. The number of hydrogen-bond acceptors (Lipinski definition) is 2. The molecule has 2 aromatic rings. The number of nitrogens with one attached hydrogen (secondary N) is 1. The average Bonchev–Trinajstić information content (AvgIpc) is 2.61. The first-order valence-electron chi connectivity index (χ1n) is 4.79. The molecule has 1 aliphatic heterocycles. The number of rotatable bonds is 0. The van der Waals surface area contributed by atoms with Crippen LogP contribution in [-0.4, -0.2) is 16.6 Å². The maximum Gasteiger partial charge on any atom is 0.129 e. The van der Waals surface area contributed by atoms with Crippen LogP contribution in [0.4, 0.5) is 0 Å². The van der Waals surface area contributed by atoms with Crippen molar-refractivity contribution in [2.75, 3.05) is 6.61 Å². The minimum atomic E-state index is 0.693. The standard InChI is InChI=1S/C11H9BrN2O/c12-7-1-2-8-10(5-7)15-4-3-9-11(8)14-6-13-9/h1-2,5-6H,3-4H2,(H,13,14). The van der Waals surface area contributed by atoms with Crippen LogP contribution in [0.5, 0.6) is 5.75 Å². The van der Waals surface area contributed by atoms with Gasteiger partial charge >= 0.3 is 0 Å². The molecule has 1 aromatic carbocycles. The van der Waals surface area contributed by atoms with Gasteiger partial charge in [-0.3, -0.25) is 0 Å². The summed E-state index contributed by atoms with van der Waals surface area (Å²) in [6, 6.07) is 6.02. The number of imidazole rings is 1. The van der Waals surface area contributed by atoms with E-state index >= 15 is 0 Å². The molecule has 76 valence electrons. The van der Waals surface area contributed by atoms with Crippen LogP contribution < -0.4 is 4.74 Å². The summed E-state index contributed by atoms with van der Waals surface area (Å²) < 4.78 is 6.71. The Bertz CT molecular complexity index is 507. The Hall–Kier alpha value is -1.29. The quantitative estimate of drug-likeness (QED) is 0.795. The molecular weight excluding hydrogens is 256 g/mol. The highest BCUT2D eigenvalue weighted by atomic mass is 79.9. The van der Waals surface area contributed by atoms with E-state index in [0.29, 0.717) is 6.61 Å². The molecule has 0 unspecified atom stereocenters. The first-order valence-corrected chi connectivity index (χ1v) is 5.59. The van der Waals surface area contributed by atoms with Crippen LogP contribution in [-0.2, 0) is 6.42 Å². The van der Waals surface area contributed by atoms with Gasteiger partial charge in [0.05, 0.1) is 18.6 Å². The van der Waals surface area contributed by atoms with E-state index in [1.165, 1.54) is 0 Å². The van der Waals surface area contributed by atoms with E-state index in [4.69, 9.17) is 4.74 Å². The molecule has 0 saturated carbocycles. The summed E-state index contributed by atoms with van der Waals surface area (Å²) >= 11 is 3.44. The number of nitrogens with zero attached hydrogens (tertiary/aromatic N) is 1. The zero-order chi connectivity index (χ0) is 10.3. The van der Waals surface area contributed by atoms with Gasteiger partial charge in [0.2, 0.25) is 0 Å². The third-order valence-electron chi connectivity index (χ3n) is 2.53. The molecule has 0 bridgehead atoms. The van der Waals surface area contributed by atoms with Gasteiger partial charge in [0.15, 0.2) is 0 Å². The van der Waals surface area contributed by atoms with Crippen molar-refractivity contribution >= 4 is 15.9 Å². The number of halogens is 1. The lowest BCUT2D eigenvalue weighted by molar-refractivity contribution is 0.325. The molecule has 0 saturated heterocycles. The molecule has 0 amide bonds. The molecule has 0 radical (unpaired) electrons. The molecule has 3 rings (SSSR count). The molecule has 1 N–H and O–H groups in total. The molecule has 0 atom stereocenters. The number of aromatic amines is 1. The predicted molar refractivity (Wildman–Crippen MR) is 60.9 cm³/mol. The van der Waals surface area contributed by atoms with E-state index in [1.54, 1.807) is 6.33 Å². The van der Waals surface area contributed by atoms with Crippen LogP contribution in [0, 0.1) is 0 Å². The Kier molecular flexibility index (Phi) is 2.02. The lowest BCUT2D eigenvalue weighted by Crippen LogP contribution is -1.98. The van der Waals surface area contributed by atoms with Crippen molar-refractivity contribution in [2.45, 2.75) is 6.42 Å². The number of fused-ring (bicyclic) bond motifs is 3. The molecule has 0 fully saturated rings. The fourth-order valence-electron chi connectivity index (χ4n) is 1.82. The van der Waals surface area contributed by atoms with Crippen LogP contribution in [0.3, 0.4) is 0 Å². The zero-order valence-electron chi connectivity index (χ0n) is 7.96. The van der Waals surface area contributed by atoms with E-state index in [2.05, 4.69) is 25.9 Å². The van der Waals surface area contributed by atoms with E-state index < -0.39 is 0 Å². The number of H-pyrrole nitrogens is 1. The van der Waals surface area contributed by atoms with Crippen molar-refractivity contribution < 1.29 is 4.74 Å². The minimum Gasteiger partial charge on any atom is -0.492 e. The zero-order valence-corrected chi connectivity index (χ0v) is 9.54. The van der Waals surface area contributed by atoms with Crippen molar-refractivity contribution in [3.05, 3.63) is 34.7 Å². The number of aromatic nitrogens is 2. The summed E-state index contributed by atoms with van der Waals surface area (Å²) in [5, 5.41) is 0. The van der Waals surface area contributed by atoms with Gasteiger partial charge in [0, 0.05) is 22.2 Å². The number of hydrogen-bond donors (Lipinski definition) is 1. The Balaban J connectivity index is 2.25. The largest absolute Gasteiger partial charge is 0.492 e. The van der Waals surface area contributed by atoms with Crippen LogP contribution in [0.15, 0.2) is 29.0 Å². The topological polar surface area (TPSA) is 37.9 Å². The minimum absolute atomic E-state index is 0.693. The Labute approximate surface area is 95.6 Å². The van der Waals surface area contributed by atoms with Crippen LogP contribution in [0.25, 0.3) is 11.3 Å². The van der Waals surface area contributed by atoms with E-state index in [1.807, 2.05) is 18.2 Å². The molecule has 1 aromatic heterocycles. The number of ether oxygens (including phenoxy) is 1. The molecular formula is C11H9BrN2O. The lowest BCUT2D eigenvalue weighted by atomic mass is 10.1. The van der Waals surface area contributed by atoms with Crippen molar-refractivity contribution in [1.82, 2.24) is 9.97 Å². The smallest absolute Gasteiger partial charge is 0.129 e. The first kappa shape index (κ1) is 8.97.